The quantitative estimate of drug-likeness (QED) is 0.607. The molecule has 0 aliphatic heterocycles. The number of methoxy groups -OCH3 is 1. The van der Waals surface area contributed by atoms with Gasteiger partial charge in [0.1, 0.15) is 11.6 Å². The van der Waals surface area contributed by atoms with Crippen LogP contribution in [0.25, 0.3) is 0 Å². The van der Waals surface area contributed by atoms with Crippen molar-refractivity contribution in [1.29, 1.82) is 0 Å². The van der Waals surface area contributed by atoms with Gasteiger partial charge in [-0.3, -0.25) is 0 Å². The van der Waals surface area contributed by atoms with Crippen molar-refractivity contribution in [2.75, 3.05) is 19.6 Å². The molecule has 0 unspecified atom stereocenters. The van der Waals surface area contributed by atoms with Gasteiger partial charge >= 0.3 is 0 Å². The van der Waals surface area contributed by atoms with Gasteiger partial charge in [-0.25, -0.2) is 4.39 Å². The molecule has 1 aromatic rings. The lowest BCUT2D eigenvalue weighted by atomic mass is 10.1. The highest BCUT2D eigenvalue weighted by Gasteiger charge is 2.16. The third kappa shape index (κ3) is 5.50. The Morgan fingerprint density at radius 2 is 2.11 bits per heavy atom. The Balaban J connectivity index is 2.59. The molecular weight excluding hydrogens is 267 g/mol. The minimum atomic E-state index is -0.402. The standard InChI is InChI=1S/C15H18ClFO2/c1-15(2,18-3)8-10-19-13-7-6-12(5-4-9-16)14(17)11-13/h6-7,11H,8-10H2,1-3H3. The van der Waals surface area contributed by atoms with E-state index in [1.165, 1.54) is 6.07 Å². The third-order valence-corrected chi connectivity index (χ3v) is 2.89. The Labute approximate surface area is 118 Å². The summed E-state index contributed by atoms with van der Waals surface area (Å²) in [5, 5.41) is 0. The molecule has 0 aliphatic carbocycles. The number of benzene rings is 1. The summed E-state index contributed by atoms with van der Waals surface area (Å²) in [6.07, 6.45) is 0.721. The Bertz CT molecular complexity index is 475. The molecule has 0 spiro atoms. The van der Waals surface area contributed by atoms with Crippen LogP contribution in [-0.4, -0.2) is 25.2 Å². The van der Waals surface area contributed by atoms with Crippen LogP contribution in [0.4, 0.5) is 4.39 Å². The van der Waals surface area contributed by atoms with Crippen molar-refractivity contribution < 1.29 is 13.9 Å². The predicted octanol–water partition coefficient (Wildman–Crippen LogP) is 3.61. The normalized spacial score (nSPS) is 10.8. The van der Waals surface area contributed by atoms with Crippen LogP contribution in [0.15, 0.2) is 18.2 Å². The first kappa shape index (κ1) is 15.8. The molecule has 1 rings (SSSR count). The van der Waals surface area contributed by atoms with Crippen molar-refractivity contribution in [3.05, 3.63) is 29.6 Å². The Kier molecular flexibility index (Phi) is 6.14. The zero-order valence-electron chi connectivity index (χ0n) is 11.4. The minimum Gasteiger partial charge on any atom is -0.493 e. The second-order valence-corrected chi connectivity index (χ2v) is 4.91. The van der Waals surface area contributed by atoms with Gasteiger partial charge in [0.15, 0.2) is 0 Å². The van der Waals surface area contributed by atoms with Crippen molar-refractivity contribution in [1.82, 2.24) is 0 Å². The fraction of sp³-hybridized carbons (Fsp3) is 0.467. The van der Waals surface area contributed by atoms with E-state index in [0.29, 0.717) is 17.9 Å². The van der Waals surface area contributed by atoms with Gasteiger partial charge in [-0.2, -0.15) is 0 Å². The van der Waals surface area contributed by atoms with Crippen LogP contribution in [-0.2, 0) is 4.74 Å². The van der Waals surface area contributed by atoms with Crippen molar-refractivity contribution >= 4 is 11.6 Å². The van der Waals surface area contributed by atoms with E-state index < -0.39 is 5.82 Å². The van der Waals surface area contributed by atoms with Crippen LogP contribution in [0.5, 0.6) is 5.75 Å². The highest BCUT2D eigenvalue weighted by molar-refractivity contribution is 6.19. The van der Waals surface area contributed by atoms with E-state index in [2.05, 4.69) is 11.8 Å². The van der Waals surface area contributed by atoms with Crippen molar-refractivity contribution in [2.24, 2.45) is 0 Å². The molecule has 19 heavy (non-hydrogen) atoms. The maximum Gasteiger partial charge on any atom is 0.142 e. The van der Waals surface area contributed by atoms with E-state index >= 15 is 0 Å². The van der Waals surface area contributed by atoms with Crippen LogP contribution in [0.2, 0.25) is 0 Å². The van der Waals surface area contributed by atoms with Crippen LogP contribution < -0.4 is 4.74 Å². The first-order valence-electron chi connectivity index (χ1n) is 6.01. The second-order valence-electron chi connectivity index (χ2n) is 4.64. The highest BCUT2D eigenvalue weighted by Crippen LogP contribution is 2.18. The summed E-state index contributed by atoms with van der Waals surface area (Å²) in [6.45, 7) is 4.41. The van der Waals surface area contributed by atoms with E-state index in [0.717, 1.165) is 6.42 Å². The van der Waals surface area contributed by atoms with Gasteiger partial charge in [-0.1, -0.05) is 11.8 Å². The maximum atomic E-state index is 13.7. The average Bonchev–Trinajstić information content (AvgIpc) is 2.37. The van der Waals surface area contributed by atoms with Gasteiger partial charge < -0.3 is 9.47 Å². The van der Waals surface area contributed by atoms with Gasteiger partial charge in [0.25, 0.3) is 0 Å². The first-order chi connectivity index (χ1) is 8.98. The molecule has 104 valence electrons. The number of rotatable bonds is 5. The molecule has 1 aromatic carbocycles. The summed E-state index contributed by atoms with van der Waals surface area (Å²) in [5.41, 5.74) is 0.0786. The molecule has 0 aromatic heterocycles. The van der Waals surface area contributed by atoms with E-state index in [1.807, 2.05) is 13.8 Å². The smallest absolute Gasteiger partial charge is 0.142 e. The van der Waals surface area contributed by atoms with Gasteiger partial charge in [0.2, 0.25) is 0 Å². The lowest BCUT2D eigenvalue weighted by Gasteiger charge is -2.22. The number of alkyl halides is 1. The molecule has 0 saturated carbocycles. The van der Waals surface area contributed by atoms with Gasteiger partial charge in [0.05, 0.1) is 23.7 Å². The van der Waals surface area contributed by atoms with Crippen molar-refractivity contribution in [3.8, 4) is 17.6 Å². The Morgan fingerprint density at radius 3 is 2.68 bits per heavy atom. The summed E-state index contributed by atoms with van der Waals surface area (Å²) in [7, 11) is 1.66. The molecule has 0 heterocycles. The summed E-state index contributed by atoms with van der Waals surface area (Å²) >= 11 is 5.43. The molecule has 0 amide bonds. The molecule has 0 radical (unpaired) electrons. The molecular formula is C15H18ClFO2. The van der Waals surface area contributed by atoms with Gasteiger partial charge in [-0.05, 0) is 26.0 Å². The molecule has 0 N–H and O–H groups in total. The van der Waals surface area contributed by atoms with E-state index in [1.54, 1.807) is 19.2 Å². The van der Waals surface area contributed by atoms with E-state index in [9.17, 15) is 4.39 Å². The van der Waals surface area contributed by atoms with Gasteiger partial charge in [0, 0.05) is 19.6 Å². The van der Waals surface area contributed by atoms with Crippen LogP contribution in [0.1, 0.15) is 25.8 Å². The molecule has 2 nitrogen and oxygen atoms in total. The summed E-state index contributed by atoms with van der Waals surface area (Å²) in [6, 6.07) is 4.62. The number of ether oxygens (including phenoxy) is 2. The topological polar surface area (TPSA) is 18.5 Å². The zero-order chi connectivity index (χ0) is 14.3. The highest BCUT2D eigenvalue weighted by atomic mass is 35.5. The summed E-state index contributed by atoms with van der Waals surface area (Å²) < 4.78 is 24.4. The lowest BCUT2D eigenvalue weighted by molar-refractivity contribution is 0.00544. The van der Waals surface area contributed by atoms with Gasteiger partial charge in [-0.15, -0.1) is 11.6 Å². The predicted molar refractivity (Wildman–Crippen MR) is 75.2 cm³/mol. The molecule has 0 fully saturated rings. The van der Waals surface area contributed by atoms with E-state index in [-0.39, 0.29) is 11.5 Å². The fourth-order valence-electron chi connectivity index (χ4n) is 1.33. The Hall–Kier alpha value is -1.24. The first-order valence-corrected chi connectivity index (χ1v) is 6.54. The molecule has 0 bridgehead atoms. The summed E-state index contributed by atoms with van der Waals surface area (Å²) in [5.74, 6) is 5.53. The number of hydrogen-bond donors (Lipinski definition) is 0. The molecule has 0 atom stereocenters. The Morgan fingerprint density at radius 1 is 1.37 bits per heavy atom. The largest absolute Gasteiger partial charge is 0.493 e. The van der Waals surface area contributed by atoms with Crippen LogP contribution in [0.3, 0.4) is 0 Å². The number of halogens is 2. The average molecular weight is 285 g/mol. The van der Waals surface area contributed by atoms with Crippen LogP contribution >= 0.6 is 11.6 Å². The molecule has 0 aliphatic rings. The zero-order valence-corrected chi connectivity index (χ0v) is 12.2. The minimum absolute atomic E-state index is 0.184. The third-order valence-electron chi connectivity index (χ3n) is 2.76. The molecule has 4 heteroatoms. The van der Waals surface area contributed by atoms with Crippen LogP contribution in [0, 0.1) is 17.7 Å². The van der Waals surface area contributed by atoms with Crippen molar-refractivity contribution in [2.45, 2.75) is 25.9 Å². The fourth-order valence-corrected chi connectivity index (χ4v) is 1.40. The van der Waals surface area contributed by atoms with E-state index in [4.69, 9.17) is 21.1 Å². The lowest BCUT2D eigenvalue weighted by Crippen LogP contribution is -2.25. The maximum absolute atomic E-state index is 13.7. The SMILES string of the molecule is COC(C)(C)CCOc1ccc(C#CCCl)c(F)c1. The summed E-state index contributed by atoms with van der Waals surface area (Å²) in [4.78, 5) is 0. The second kappa shape index (κ2) is 7.37. The molecule has 0 saturated heterocycles. The van der Waals surface area contributed by atoms with Crippen molar-refractivity contribution in [3.63, 3.8) is 0 Å². The monoisotopic (exact) mass is 284 g/mol. The number of hydrogen-bond acceptors (Lipinski definition) is 2.